The van der Waals surface area contributed by atoms with Crippen molar-refractivity contribution in [2.24, 2.45) is 0 Å². The summed E-state index contributed by atoms with van der Waals surface area (Å²) in [6, 6.07) is 0. The monoisotopic (exact) mass is 299 g/mol. The molecule has 4 nitrogen and oxygen atoms in total. The van der Waals surface area contributed by atoms with Crippen molar-refractivity contribution in [2.75, 3.05) is 27.8 Å². The smallest absolute Gasteiger partial charge is 0.194 e. The van der Waals surface area contributed by atoms with E-state index in [1.807, 2.05) is 20.8 Å². The topological polar surface area (TPSA) is 27.7 Å². The zero-order valence-electron chi connectivity index (χ0n) is 11.5. The van der Waals surface area contributed by atoms with Gasteiger partial charge < -0.3 is 31.2 Å². The van der Waals surface area contributed by atoms with E-state index in [0.29, 0.717) is 4.48 Å². The number of ether oxygens (including phenoxy) is 3. The van der Waals surface area contributed by atoms with Crippen LogP contribution in [0.1, 0.15) is 27.7 Å². The van der Waals surface area contributed by atoms with Crippen molar-refractivity contribution < 1.29 is 35.7 Å². The number of nitrogens with zero attached hydrogens (tertiary/aromatic N) is 1. The predicted molar refractivity (Wildman–Crippen MR) is 60.2 cm³/mol. The summed E-state index contributed by atoms with van der Waals surface area (Å²) < 4.78 is 17.0. The van der Waals surface area contributed by atoms with E-state index in [1.165, 1.54) is 0 Å². The first kappa shape index (κ1) is 18.7. The molecule has 0 heterocycles. The van der Waals surface area contributed by atoms with Gasteiger partial charge in [0.2, 0.25) is 0 Å². The average molecular weight is 300 g/mol. The van der Waals surface area contributed by atoms with Crippen LogP contribution in [0.15, 0.2) is 0 Å². The first-order valence-electron chi connectivity index (χ1n) is 5.49. The lowest BCUT2D eigenvalue weighted by molar-refractivity contribution is -0.977. The van der Waals surface area contributed by atoms with Crippen LogP contribution in [-0.4, -0.2) is 51.0 Å². The molecule has 0 spiro atoms. The van der Waals surface area contributed by atoms with Gasteiger partial charge in [-0.3, -0.25) is 4.48 Å². The summed E-state index contributed by atoms with van der Waals surface area (Å²) in [5.74, 6) is 0. The molecule has 16 heavy (non-hydrogen) atoms. The van der Waals surface area contributed by atoms with Gasteiger partial charge in [-0.2, -0.15) is 0 Å². The van der Waals surface area contributed by atoms with Crippen LogP contribution in [0.25, 0.3) is 0 Å². The lowest BCUT2D eigenvalue weighted by Crippen LogP contribution is -3.00. The van der Waals surface area contributed by atoms with Crippen molar-refractivity contribution in [2.45, 2.75) is 46.4 Å². The molecule has 0 fully saturated rings. The largest absolute Gasteiger partial charge is 1.00 e. The number of hydrogen-bond acceptors (Lipinski definition) is 3. The first-order valence-corrected chi connectivity index (χ1v) is 5.49. The van der Waals surface area contributed by atoms with Crippen molar-refractivity contribution in [3.8, 4) is 0 Å². The van der Waals surface area contributed by atoms with Gasteiger partial charge in [0.05, 0.1) is 20.7 Å². The number of hydrogen-bond donors (Lipinski definition) is 0. The van der Waals surface area contributed by atoms with Crippen molar-refractivity contribution in [1.82, 2.24) is 0 Å². The molecule has 3 atom stereocenters. The summed E-state index contributed by atoms with van der Waals surface area (Å²) >= 11 is 0. The van der Waals surface area contributed by atoms with Crippen molar-refractivity contribution in [3.63, 3.8) is 0 Å². The first-order chi connectivity index (χ1) is 6.86. The summed E-state index contributed by atoms with van der Waals surface area (Å²) in [5, 5.41) is 0. The molecule has 0 aliphatic carbocycles. The van der Waals surface area contributed by atoms with Crippen LogP contribution in [0.4, 0.5) is 0 Å². The maximum atomic E-state index is 5.70. The molecule has 0 saturated heterocycles. The van der Waals surface area contributed by atoms with Crippen molar-refractivity contribution in [3.05, 3.63) is 0 Å². The van der Waals surface area contributed by atoms with Gasteiger partial charge >= 0.3 is 0 Å². The van der Waals surface area contributed by atoms with Crippen LogP contribution in [0.5, 0.6) is 0 Å². The third-order valence-electron chi connectivity index (χ3n) is 3.00. The van der Waals surface area contributed by atoms with E-state index in [-0.39, 0.29) is 35.7 Å². The van der Waals surface area contributed by atoms with Gasteiger partial charge in [0, 0.05) is 21.0 Å². The van der Waals surface area contributed by atoms with Crippen LogP contribution in [0.3, 0.4) is 0 Å². The SMILES string of the molecule is CCOC(C)[N+](C)(C)C(C)OC(C)OC.[Br-]. The molecule has 0 aliphatic rings. The number of methoxy groups -OCH3 is 1. The van der Waals surface area contributed by atoms with Crippen LogP contribution < -0.4 is 17.0 Å². The molecule has 0 saturated carbocycles. The van der Waals surface area contributed by atoms with E-state index >= 15 is 0 Å². The van der Waals surface area contributed by atoms with Gasteiger partial charge in [-0.25, -0.2) is 0 Å². The van der Waals surface area contributed by atoms with Crippen LogP contribution in [-0.2, 0) is 14.2 Å². The lowest BCUT2D eigenvalue weighted by Gasteiger charge is -2.40. The second-order valence-electron chi connectivity index (χ2n) is 4.22. The van der Waals surface area contributed by atoms with Gasteiger partial charge in [0.1, 0.15) is 0 Å². The van der Waals surface area contributed by atoms with E-state index in [1.54, 1.807) is 7.11 Å². The Morgan fingerprint density at radius 2 is 1.56 bits per heavy atom. The standard InChI is InChI=1S/C11H26NO3.BrH/c1-8-14-9(2)12(5,6)10(3)15-11(4)13-7;/h9-11H,8H2,1-7H3;1H/q+1;/p-1. The fourth-order valence-electron chi connectivity index (χ4n) is 1.22. The van der Waals surface area contributed by atoms with E-state index in [9.17, 15) is 0 Å². The molecule has 0 radical (unpaired) electrons. The van der Waals surface area contributed by atoms with Gasteiger partial charge in [0.25, 0.3) is 0 Å². The number of halogens is 1. The predicted octanol–water partition coefficient (Wildman–Crippen LogP) is -1.20. The van der Waals surface area contributed by atoms with Gasteiger partial charge in [-0.15, -0.1) is 0 Å². The highest BCUT2D eigenvalue weighted by molar-refractivity contribution is 4.41. The molecule has 0 aromatic carbocycles. The maximum absolute atomic E-state index is 5.70. The Balaban J connectivity index is 0. The molecule has 100 valence electrons. The Labute approximate surface area is 110 Å². The summed E-state index contributed by atoms with van der Waals surface area (Å²) in [5.41, 5.74) is 0. The molecule has 0 rings (SSSR count). The summed E-state index contributed by atoms with van der Waals surface area (Å²) in [6.07, 6.45) is -0.0539. The second-order valence-corrected chi connectivity index (χ2v) is 4.22. The molecular weight excluding hydrogens is 274 g/mol. The van der Waals surface area contributed by atoms with Crippen LogP contribution in [0.2, 0.25) is 0 Å². The molecule has 0 aromatic rings. The molecule has 0 bridgehead atoms. The fraction of sp³-hybridized carbons (Fsp3) is 1.00. The average Bonchev–Trinajstić information content (AvgIpc) is 2.17. The fourth-order valence-corrected chi connectivity index (χ4v) is 1.22. The Kier molecular flexibility index (Phi) is 9.83. The Morgan fingerprint density at radius 3 is 1.94 bits per heavy atom. The minimum absolute atomic E-state index is 0. The van der Waals surface area contributed by atoms with E-state index in [2.05, 4.69) is 21.0 Å². The van der Waals surface area contributed by atoms with Gasteiger partial charge in [-0.05, 0) is 13.8 Å². The van der Waals surface area contributed by atoms with Crippen molar-refractivity contribution in [1.29, 1.82) is 0 Å². The van der Waals surface area contributed by atoms with E-state index in [4.69, 9.17) is 14.2 Å². The maximum Gasteiger partial charge on any atom is 0.194 e. The summed E-state index contributed by atoms with van der Waals surface area (Å²) in [6.45, 7) is 8.70. The Hall–Kier alpha value is 0.320. The molecule has 3 unspecified atom stereocenters. The lowest BCUT2D eigenvalue weighted by atomic mass is 10.4. The Morgan fingerprint density at radius 1 is 1.06 bits per heavy atom. The van der Waals surface area contributed by atoms with E-state index in [0.717, 1.165) is 6.61 Å². The number of rotatable bonds is 7. The molecule has 5 heteroatoms. The highest BCUT2D eigenvalue weighted by Gasteiger charge is 2.32. The quantitative estimate of drug-likeness (QED) is 0.437. The highest BCUT2D eigenvalue weighted by atomic mass is 79.9. The molecule has 0 N–H and O–H groups in total. The molecule has 0 aliphatic heterocycles. The van der Waals surface area contributed by atoms with Crippen molar-refractivity contribution >= 4 is 0 Å². The minimum atomic E-state index is -0.189. The van der Waals surface area contributed by atoms with Gasteiger partial charge in [0.15, 0.2) is 18.7 Å². The third-order valence-corrected chi connectivity index (χ3v) is 3.00. The number of quaternary nitrogens is 1. The highest BCUT2D eigenvalue weighted by Crippen LogP contribution is 2.16. The zero-order valence-corrected chi connectivity index (χ0v) is 13.1. The summed E-state index contributed by atoms with van der Waals surface area (Å²) in [4.78, 5) is 0. The third kappa shape index (κ3) is 5.59. The van der Waals surface area contributed by atoms with E-state index < -0.39 is 0 Å². The second kappa shape index (κ2) is 8.42. The molecule has 0 aromatic heterocycles. The Bertz CT molecular complexity index is 179. The normalized spacial score (nSPS) is 17.4. The molecule has 0 amide bonds. The molecular formula is C11H26BrNO3. The summed E-state index contributed by atoms with van der Waals surface area (Å²) in [7, 11) is 5.82. The minimum Gasteiger partial charge on any atom is -1.00 e. The van der Waals surface area contributed by atoms with Gasteiger partial charge in [-0.1, -0.05) is 0 Å². The van der Waals surface area contributed by atoms with Crippen LogP contribution in [0, 0.1) is 0 Å². The van der Waals surface area contributed by atoms with Crippen LogP contribution >= 0.6 is 0 Å². The zero-order chi connectivity index (χ0) is 12.1.